The molecule has 1 aromatic carbocycles. The van der Waals surface area contributed by atoms with Gasteiger partial charge < -0.3 is 15.7 Å². The maximum absolute atomic E-state index is 11.1. The van der Waals surface area contributed by atoms with Gasteiger partial charge in [-0.15, -0.1) is 0 Å². The van der Waals surface area contributed by atoms with Gasteiger partial charge in [-0.25, -0.2) is 9.78 Å². The molecule has 1 heterocycles. The fraction of sp³-hybridized carbons (Fsp3) is 0.429. The fourth-order valence-corrected chi connectivity index (χ4v) is 3.86. The van der Waals surface area contributed by atoms with Gasteiger partial charge in [0.15, 0.2) is 5.69 Å². The summed E-state index contributed by atoms with van der Waals surface area (Å²) < 4.78 is 0. The smallest absolute Gasteiger partial charge is 0.354 e. The molecule has 0 unspecified atom stereocenters. The minimum atomic E-state index is -0.991. The van der Waals surface area contributed by atoms with Gasteiger partial charge in [-0.3, -0.25) is 0 Å². The highest BCUT2D eigenvalue weighted by Crippen LogP contribution is 2.44. The second-order valence-corrected chi connectivity index (χ2v) is 7.66. The van der Waals surface area contributed by atoms with Gasteiger partial charge in [-0.2, -0.15) is 0 Å². The van der Waals surface area contributed by atoms with E-state index in [1.807, 2.05) is 6.07 Å². The van der Waals surface area contributed by atoms with Gasteiger partial charge in [0, 0.05) is 30.5 Å². The Balaban J connectivity index is 1.30. The molecule has 0 bridgehead atoms. The molecule has 3 N–H and O–H groups in total. The molecule has 26 heavy (non-hydrogen) atoms. The van der Waals surface area contributed by atoms with Crippen LogP contribution in [-0.4, -0.2) is 35.2 Å². The number of anilines is 1. The first-order valence-corrected chi connectivity index (χ1v) is 9.38. The number of aromatic carboxylic acids is 1. The van der Waals surface area contributed by atoms with E-state index < -0.39 is 5.97 Å². The van der Waals surface area contributed by atoms with Crippen molar-refractivity contribution in [1.29, 1.82) is 0 Å². The zero-order valence-corrected chi connectivity index (χ0v) is 14.8. The van der Waals surface area contributed by atoms with Crippen molar-refractivity contribution in [2.24, 2.45) is 5.41 Å². The van der Waals surface area contributed by atoms with E-state index in [2.05, 4.69) is 45.9 Å². The largest absolute Gasteiger partial charge is 0.477 e. The number of rotatable bonds is 8. The lowest BCUT2D eigenvalue weighted by Crippen LogP contribution is -2.45. The van der Waals surface area contributed by atoms with Crippen molar-refractivity contribution < 1.29 is 9.90 Å². The summed E-state index contributed by atoms with van der Waals surface area (Å²) in [5.74, 6) is 0.300. The van der Waals surface area contributed by atoms with Crippen LogP contribution in [0.5, 0.6) is 0 Å². The van der Waals surface area contributed by atoms with Crippen molar-refractivity contribution in [2.45, 2.75) is 37.6 Å². The third kappa shape index (κ3) is 3.73. The first-order chi connectivity index (χ1) is 12.7. The molecule has 136 valence electrons. The zero-order chi connectivity index (χ0) is 18.0. The minimum Gasteiger partial charge on any atom is -0.477 e. The summed E-state index contributed by atoms with van der Waals surface area (Å²) >= 11 is 0. The summed E-state index contributed by atoms with van der Waals surface area (Å²) in [5, 5.41) is 16.2. The molecule has 0 aliphatic heterocycles. The Labute approximate surface area is 153 Å². The van der Waals surface area contributed by atoms with Gasteiger partial charge in [-0.05, 0) is 37.0 Å². The maximum atomic E-state index is 11.1. The van der Waals surface area contributed by atoms with Crippen LogP contribution >= 0.6 is 0 Å². The van der Waals surface area contributed by atoms with E-state index in [1.165, 1.54) is 37.3 Å². The van der Waals surface area contributed by atoms with Gasteiger partial charge in [0.05, 0.1) is 0 Å². The molecule has 2 aliphatic rings. The summed E-state index contributed by atoms with van der Waals surface area (Å²) in [6, 6.07) is 16.4. The summed E-state index contributed by atoms with van der Waals surface area (Å²) in [6.07, 6.45) is 4.89. The molecule has 0 amide bonds. The summed E-state index contributed by atoms with van der Waals surface area (Å²) in [5.41, 5.74) is 1.77. The molecule has 2 aromatic rings. The Morgan fingerprint density at radius 2 is 1.92 bits per heavy atom. The highest BCUT2D eigenvalue weighted by molar-refractivity contribution is 5.85. The lowest BCUT2D eigenvalue weighted by molar-refractivity contribution is 0.0690. The number of carboxylic acids is 1. The SMILES string of the molecule is O=C(O)c1cccc(NCC2(CN[C@H]3C[C@@H]3c3ccccc3)CCC2)n1. The number of benzene rings is 1. The van der Waals surface area contributed by atoms with E-state index in [-0.39, 0.29) is 11.1 Å². The number of hydrogen-bond donors (Lipinski definition) is 3. The predicted octanol–water partition coefficient (Wildman–Crippen LogP) is 3.51. The van der Waals surface area contributed by atoms with Crippen LogP contribution in [0.1, 0.15) is 47.7 Å². The number of aromatic nitrogens is 1. The Morgan fingerprint density at radius 3 is 2.62 bits per heavy atom. The number of pyridine rings is 1. The molecule has 1 aromatic heterocycles. The Bertz CT molecular complexity index is 774. The number of carbonyl (C=O) groups is 1. The highest BCUT2D eigenvalue weighted by Gasteiger charge is 2.42. The number of hydrogen-bond acceptors (Lipinski definition) is 4. The number of nitrogens with zero attached hydrogens (tertiary/aromatic N) is 1. The summed E-state index contributed by atoms with van der Waals surface area (Å²) in [7, 11) is 0. The average Bonchev–Trinajstić information content (AvgIpc) is 3.41. The second-order valence-electron chi connectivity index (χ2n) is 7.66. The van der Waals surface area contributed by atoms with Gasteiger partial charge in [-0.1, -0.05) is 42.8 Å². The van der Waals surface area contributed by atoms with Crippen LogP contribution in [0.2, 0.25) is 0 Å². The molecule has 0 saturated heterocycles. The molecule has 2 atom stereocenters. The van der Waals surface area contributed by atoms with Crippen molar-refractivity contribution in [1.82, 2.24) is 10.3 Å². The first-order valence-electron chi connectivity index (χ1n) is 9.38. The van der Waals surface area contributed by atoms with Crippen molar-refractivity contribution in [3.8, 4) is 0 Å². The van der Waals surface area contributed by atoms with Gasteiger partial charge in [0.1, 0.15) is 5.82 Å². The summed E-state index contributed by atoms with van der Waals surface area (Å²) in [6.45, 7) is 1.84. The third-order valence-electron chi connectivity index (χ3n) is 5.78. The van der Waals surface area contributed by atoms with E-state index >= 15 is 0 Å². The molecule has 0 spiro atoms. The van der Waals surface area contributed by atoms with E-state index in [0.29, 0.717) is 17.8 Å². The number of carboxylic acid groups (broad SMARTS) is 1. The Kier molecular flexibility index (Phi) is 4.64. The van der Waals surface area contributed by atoms with Crippen molar-refractivity contribution in [3.63, 3.8) is 0 Å². The maximum Gasteiger partial charge on any atom is 0.354 e. The van der Waals surface area contributed by atoms with Gasteiger partial charge in [0.2, 0.25) is 0 Å². The van der Waals surface area contributed by atoms with E-state index in [0.717, 1.165) is 13.1 Å². The quantitative estimate of drug-likeness (QED) is 0.679. The van der Waals surface area contributed by atoms with E-state index in [4.69, 9.17) is 5.11 Å². The monoisotopic (exact) mass is 351 g/mol. The van der Waals surface area contributed by atoms with Crippen molar-refractivity contribution in [2.75, 3.05) is 18.4 Å². The molecule has 5 nitrogen and oxygen atoms in total. The average molecular weight is 351 g/mol. The number of nitrogens with one attached hydrogen (secondary N) is 2. The van der Waals surface area contributed by atoms with Crippen LogP contribution in [-0.2, 0) is 0 Å². The van der Waals surface area contributed by atoms with Crippen molar-refractivity contribution in [3.05, 3.63) is 59.8 Å². The van der Waals surface area contributed by atoms with Crippen LogP contribution in [0.15, 0.2) is 48.5 Å². The minimum absolute atomic E-state index is 0.0828. The van der Waals surface area contributed by atoms with Crippen LogP contribution in [0, 0.1) is 5.41 Å². The van der Waals surface area contributed by atoms with Crippen LogP contribution in [0.4, 0.5) is 5.82 Å². The van der Waals surface area contributed by atoms with Gasteiger partial charge in [0.25, 0.3) is 0 Å². The van der Waals surface area contributed by atoms with Crippen LogP contribution < -0.4 is 10.6 Å². The molecular weight excluding hydrogens is 326 g/mol. The second kappa shape index (κ2) is 7.08. The van der Waals surface area contributed by atoms with E-state index in [1.54, 1.807) is 6.07 Å². The lowest BCUT2D eigenvalue weighted by atomic mass is 9.68. The first kappa shape index (κ1) is 17.0. The Hall–Kier alpha value is -2.40. The molecule has 5 heteroatoms. The summed E-state index contributed by atoms with van der Waals surface area (Å²) in [4.78, 5) is 15.2. The van der Waals surface area contributed by atoms with Crippen LogP contribution in [0.25, 0.3) is 0 Å². The fourth-order valence-electron chi connectivity index (χ4n) is 3.86. The molecule has 4 rings (SSSR count). The zero-order valence-electron chi connectivity index (χ0n) is 14.8. The van der Waals surface area contributed by atoms with E-state index in [9.17, 15) is 4.79 Å². The molecule has 2 aliphatic carbocycles. The van der Waals surface area contributed by atoms with Gasteiger partial charge >= 0.3 is 5.97 Å². The standard InChI is InChI=1S/C21H25N3O2/c25-20(26)17-8-4-9-19(24-17)23-14-21(10-5-11-21)13-22-18-12-16(18)15-6-2-1-3-7-15/h1-4,6-9,16,18,22H,5,10-14H2,(H,23,24)(H,25,26)/t16-,18+/m1/s1. The normalized spacial score (nSPS) is 23.1. The Morgan fingerprint density at radius 1 is 1.12 bits per heavy atom. The topological polar surface area (TPSA) is 74.2 Å². The molecule has 2 fully saturated rings. The third-order valence-corrected chi connectivity index (χ3v) is 5.78. The van der Waals surface area contributed by atoms with Crippen molar-refractivity contribution >= 4 is 11.8 Å². The molecule has 2 saturated carbocycles. The molecular formula is C21H25N3O2. The predicted molar refractivity (Wildman–Crippen MR) is 102 cm³/mol. The molecule has 0 radical (unpaired) electrons. The lowest BCUT2D eigenvalue weighted by Gasteiger charge is -2.42. The van der Waals surface area contributed by atoms with Crippen LogP contribution in [0.3, 0.4) is 0 Å². The highest BCUT2D eigenvalue weighted by atomic mass is 16.4.